The van der Waals surface area contributed by atoms with Gasteiger partial charge in [-0.1, -0.05) is 12.1 Å². The highest BCUT2D eigenvalue weighted by atomic mass is 16.2. The average molecular weight is 275 g/mol. The Hall–Kier alpha value is -1.88. The molecule has 0 atom stereocenters. The molecule has 1 fully saturated rings. The zero-order chi connectivity index (χ0) is 14.4. The van der Waals surface area contributed by atoms with Crippen LogP contribution in [0.1, 0.15) is 28.8 Å². The lowest BCUT2D eigenvalue weighted by Crippen LogP contribution is -2.35. The second-order valence-electron chi connectivity index (χ2n) is 4.97. The van der Waals surface area contributed by atoms with Crippen LogP contribution in [-0.4, -0.2) is 43.4 Å². The third kappa shape index (κ3) is 3.81. The topological polar surface area (TPSA) is 61.4 Å². The van der Waals surface area contributed by atoms with E-state index in [9.17, 15) is 9.59 Å². The first-order valence-electron chi connectivity index (χ1n) is 7.00. The highest BCUT2D eigenvalue weighted by molar-refractivity contribution is 5.93. The van der Waals surface area contributed by atoms with Crippen molar-refractivity contribution in [2.75, 3.05) is 26.7 Å². The summed E-state index contributed by atoms with van der Waals surface area (Å²) in [6.07, 6.45) is 2.24. The van der Waals surface area contributed by atoms with Gasteiger partial charge in [-0.2, -0.15) is 0 Å². The predicted octanol–water partition coefficient (Wildman–Crippen LogP) is 0.758. The lowest BCUT2D eigenvalue weighted by atomic mass is 10.1. The summed E-state index contributed by atoms with van der Waals surface area (Å²) < 4.78 is 0. The first kappa shape index (κ1) is 14.5. The summed E-state index contributed by atoms with van der Waals surface area (Å²) >= 11 is 0. The number of amides is 2. The number of benzene rings is 1. The van der Waals surface area contributed by atoms with Gasteiger partial charge in [0.1, 0.15) is 0 Å². The summed E-state index contributed by atoms with van der Waals surface area (Å²) in [5, 5.41) is 5.73. The summed E-state index contributed by atoms with van der Waals surface area (Å²) in [6, 6.07) is 7.38. The molecule has 0 radical (unpaired) electrons. The van der Waals surface area contributed by atoms with E-state index in [0.717, 1.165) is 31.5 Å². The second-order valence-corrected chi connectivity index (χ2v) is 4.97. The Morgan fingerprint density at radius 3 is 2.40 bits per heavy atom. The molecule has 1 aliphatic rings. The molecule has 20 heavy (non-hydrogen) atoms. The molecule has 1 aromatic carbocycles. The molecule has 108 valence electrons. The highest BCUT2D eigenvalue weighted by Crippen LogP contribution is 2.07. The third-order valence-corrected chi connectivity index (χ3v) is 3.51. The maximum absolute atomic E-state index is 11.8. The van der Waals surface area contributed by atoms with E-state index in [-0.39, 0.29) is 11.8 Å². The minimum absolute atomic E-state index is 0.0891. The summed E-state index contributed by atoms with van der Waals surface area (Å²) in [4.78, 5) is 25.1. The Morgan fingerprint density at radius 2 is 1.80 bits per heavy atom. The quantitative estimate of drug-likeness (QED) is 0.834. The van der Waals surface area contributed by atoms with Crippen molar-refractivity contribution < 1.29 is 9.59 Å². The van der Waals surface area contributed by atoms with Gasteiger partial charge in [0.15, 0.2) is 0 Å². The van der Waals surface area contributed by atoms with E-state index in [1.54, 1.807) is 19.2 Å². The van der Waals surface area contributed by atoms with Gasteiger partial charge in [0.25, 0.3) is 5.91 Å². The Morgan fingerprint density at radius 1 is 1.15 bits per heavy atom. The van der Waals surface area contributed by atoms with Crippen LogP contribution in [-0.2, 0) is 11.3 Å². The minimum Gasteiger partial charge on any atom is -0.355 e. The van der Waals surface area contributed by atoms with E-state index < -0.39 is 0 Å². The fourth-order valence-corrected chi connectivity index (χ4v) is 2.31. The maximum atomic E-state index is 11.8. The maximum Gasteiger partial charge on any atom is 0.251 e. The van der Waals surface area contributed by atoms with Crippen LogP contribution >= 0.6 is 0 Å². The van der Waals surface area contributed by atoms with Crippen molar-refractivity contribution in [3.63, 3.8) is 0 Å². The van der Waals surface area contributed by atoms with Crippen molar-refractivity contribution in [3.8, 4) is 0 Å². The molecular formula is C15H21N3O2. The third-order valence-electron chi connectivity index (χ3n) is 3.51. The number of likely N-dealkylation sites (tertiary alicyclic amines) is 1. The standard InChI is InChI=1S/C15H21N3O2/c1-16-15(20)13-6-4-12(5-7-13)10-17-11-14(19)18-8-2-3-9-18/h4-7,17H,2-3,8-11H2,1H3,(H,16,20). The number of carbonyl (C=O) groups is 2. The molecule has 2 rings (SSSR count). The number of nitrogens with zero attached hydrogens (tertiary/aromatic N) is 1. The van der Waals surface area contributed by atoms with Crippen LogP contribution in [0.25, 0.3) is 0 Å². The van der Waals surface area contributed by atoms with Crippen molar-refractivity contribution in [2.45, 2.75) is 19.4 Å². The normalized spacial score (nSPS) is 14.3. The van der Waals surface area contributed by atoms with E-state index in [1.807, 2.05) is 17.0 Å². The van der Waals surface area contributed by atoms with Crippen molar-refractivity contribution in [1.82, 2.24) is 15.5 Å². The van der Waals surface area contributed by atoms with Crippen molar-refractivity contribution in [2.24, 2.45) is 0 Å². The lowest BCUT2D eigenvalue weighted by Gasteiger charge is -2.15. The van der Waals surface area contributed by atoms with Crippen molar-refractivity contribution >= 4 is 11.8 Å². The second kappa shape index (κ2) is 7.05. The molecule has 0 aliphatic carbocycles. The number of carbonyl (C=O) groups excluding carboxylic acids is 2. The largest absolute Gasteiger partial charge is 0.355 e. The van der Waals surface area contributed by atoms with Crippen molar-refractivity contribution in [1.29, 1.82) is 0 Å². The van der Waals surface area contributed by atoms with Gasteiger partial charge >= 0.3 is 0 Å². The van der Waals surface area contributed by atoms with Gasteiger partial charge in [0.05, 0.1) is 6.54 Å². The number of nitrogens with one attached hydrogen (secondary N) is 2. The van der Waals surface area contributed by atoms with Crippen molar-refractivity contribution in [3.05, 3.63) is 35.4 Å². The van der Waals surface area contributed by atoms with Crippen LogP contribution in [0, 0.1) is 0 Å². The number of hydrogen-bond donors (Lipinski definition) is 2. The van der Waals surface area contributed by atoms with Gasteiger partial charge < -0.3 is 15.5 Å². The molecule has 1 aliphatic heterocycles. The average Bonchev–Trinajstić information content (AvgIpc) is 3.01. The minimum atomic E-state index is -0.0891. The van der Waals surface area contributed by atoms with Crippen LogP contribution in [0.4, 0.5) is 0 Å². The van der Waals surface area contributed by atoms with E-state index in [2.05, 4.69) is 10.6 Å². The smallest absolute Gasteiger partial charge is 0.251 e. The molecule has 2 amide bonds. The summed E-state index contributed by atoms with van der Waals surface area (Å²) in [6.45, 7) is 2.79. The first-order valence-corrected chi connectivity index (χ1v) is 7.00. The van der Waals surface area contributed by atoms with Gasteiger partial charge in [-0.25, -0.2) is 0 Å². The Balaban J connectivity index is 1.76. The highest BCUT2D eigenvalue weighted by Gasteiger charge is 2.16. The molecule has 2 N–H and O–H groups in total. The SMILES string of the molecule is CNC(=O)c1ccc(CNCC(=O)N2CCCC2)cc1. The molecule has 1 heterocycles. The Labute approximate surface area is 119 Å². The molecule has 1 saturated heterocycles. The van der Waals surface area contributed by atoms with Gasteiger partial charge in [-0.15, -0.1) is 0 Å². The van der Waals surface area contributed by atoms with Gasteiger partial charge in [-0.3, -0.25) is 9.59 Å². The van der Waals surface area contributed by atoms with Crippen LogP contribution in [0.2, 0.25) is 0 Å². The molecule has 0 unspecified atom stereocenters. The molecule has 1 aromatic rings. The lowest BCUT2D eigenvalue weighted by molar-refractivity contribution is -0.129. The van der Waals surface area contributed by atoms with E-state index in [4.69, 9.17) is 0 Å². The predicted molar refractivity (Wildman–Crippen MR) is 77.4 cm³/mol. The summed E-state index contributed by atoms with van der Waals surface area (Å²) in [5.74, 6) is 0.0817. The fourth-order valence-electron chi connectivity index (χ4n) is 2.31. The zero-order valence-corrected chi connectivity index (χ0v) is 11.8. The molecular weight excluding hydrogens is 254 g/mol. The van der Waals surface area contributed by atoms with E-state index in [0.29, 0.717) is 18.7 Å². The first-order chi connectivity index (χ1) is 9.70. The zero-order valence-electron chi connectivity index (χ0n) is 11.8. The van der Waals surface area contributed by atoms with Gasteiger partial charge in [-0.05, 0) is 30.5 Å². The number of hydrogen-bond acceptors (Lipinski definition) is 3. The van der Waals surface area contributed by atoms with Gasteiger partial charge in [0.2, 0.25) is 5.91 Å². The number of rotatable bonds is 5. The van der Waals surface area contributed by atoms with Crippen LogP contribution in [0.3, 0.4) is 0 Å². The van der Waals surface area contributed by atoms with Crippen LogP contribution < -0.4 is 10.6 Å². The van der Waals surface area contributed by atoms with E-state index in [1.165, 1.54) is 0 Å². The summed E-state index contributed by atoms with van der Waals surface area (Å²) in [7, 11) is 1.61. The molecule has 0 aromatic heterocycles. The van der Waals surface area contributed by atoms with Crippen LogP contribution in [0.15, 0.2) is 24.3 Å². The van der Waals surface area contributed by atoms with E-state index >= 15 is 0 Å². The molecule has 0 bridgehead atoms. The molecule has 5 heteroatoms. The fraction of sp³-hybridized carbons (Fsp3) is 0.467. The molecule has 0 saturated carbocycles. The Kier molecular flexibility index (Phi) is 5.12. The molecule has 5 nitrogen and oxygen atoms in total. The molecule has 0 spiro atoms. The van der Waals surface area contributed by atoms with Crippen LogP contribution in [0.5, 0.6) is 0 Å². The monoisotopic (exact) mass is 275 g/mol. The van der Waals surface area contributed by atoms with Gasteiger partial charge in [0, 0.05) is 32.2 Å². The Bertz CT molecular complexity index is 465. The summed E-state index contributed by atoms with van der Waals surface area (Å²) in [5.41, 5.74) is 1.70.